The van der Waals surface area contributed by atoms with E-state index in [1.165, 1.54) is 0 Å². The van der Waals surface area contributed by atoms with Gasteiger partial charge in [0.05, 0.1) is 6.04 Å². The Balaban J connectivity index is 0.000000572. The normalized spacial score (nSPS) is 14.9. The van der Waals surface area contributed by atoms with Gasteiger partial charge in [-0.15, -0.1) is 0 Å². The van der Waals surface area contributed by atoms with Crippen molar-refractivity contribution in [2.24, 2.45) is 5.92 Å². The molecule has 0 bridgehead atoms. The lowest BCUT2D eigenvalue weighted by molar-refractivity contribution is -0.192. The zero-order valence-corrected chi connectivity index (χ0v) is 29.7. The molecular formula is C35H38Cl2F6N4O5. The van der Waals surface area contributed by atoms with Crippen molar-refractivity contribution in [2.45, 2.75) is 44.7 Å². The fourth-order valence-electron chi connectivity index (χ4n) is 5.69. The van der Waals surface area contributed by atoms with E-state index in [1.807, 2.05) is 65.7 Å². The quantitative estimate of drug-likeness (QED) is 0.106. The van der Waals surface area contributed by atoms with E-state index in [2.05, 4.69) is 48.4 Å². The number of aromatic amines is 1. The highest BCUT2D eigenvalue weighted by Gasteiger charge is 2.38. The van der Waals surface area contributed by atoms with Crippen LogP contribution >= 0.6 is 23.2 Å². The van der Waals surface area contributed by atoms with Crippen molar-refractivity contribution in [3.8, 4) is 0 Å². The average molecular weight is 780 g/mol. The zero-order chi connectivity index (χ0) is 39.2. The van der Waals surface area contributed by atoms with Gasteiger partial charge in [-0.3, -0.25) is 9.59 Å². The Kier molecular flexibility index (Phi) is 17.4. The van der Waals surface area contributed by atoms with Crippen LogP contribution in [0.2, 0.25) is 10.0 Å². The Bertz CT molecular complexity index is 1740. The van der Waals surface area contributed by atoms with E-state index in [9.17, 15) is 31.1 Å². The van der Waals surface area contributed by atoms with Crippen molar-refractivity contribution in [3.63, 3.8) is 0 Å². The second-order valence-electron chi connectivity index (χ2n) is 11.8. The molecule has 3 atom stereocenters. The third-order valence-electron chi connectivity index (χ3n) is 7.73. The maximum Gasteiger partial charge on any atom is 0.490 e. The number of fused-ring (bicyclic) bond motifs is 2. The molecule has 4 aromatic rings. The minimum Gasteiger partial charge on any atom is -0.483 e. The van der Waals surface area contributed by atoms with Crippen molar-refractivity contribution in [3.05, 3.63) is 99.7 Å². The standard InChI is InChI=1S/C31H34Cl2N4O.C2HF3O2.CHF3.CH2O2/c1-20(27-17-34-28-7-5-4-6-26(27)28)30(35-16-21-8-10-24(32)11-9-21)31(38)37-19-22(18-36(2)3)14-23-15-25(33)12-13-29(23)37;3-2(4,5)1(6)7;2-1(3)4;2-1-3/h4-13,15,17,20,22,30,34-35H,14,16,18-19H2,1-3H3;(H,6,7);1H;1H,(H,2,3)/t20?,22-,30?;;;/m1.../s1. The van der Waals surface area contributed by atoms with Crippen LogP contribution in [-0.4, -0.2) is 84.5 Å². The number of rotatable bonds is 8. The van der Waals surface area contributed by atoms with Gasteiger partial charge in [0.15, 0.2) is 0 Å². The highest BCUT2D eigenvalue weighted by molar-refractivity contribution is 6.31. The predicted octanol–water partition coefficient (Wildman–Crippen LogP) is 8.02. The first kappa shape index (κ1) is 43.9. The molecule has 1 aliphatic rings. The number of nitrogens with zero attached hydrogens (tertiary/aromatic N) is 2. The lowest BCUT2D eigenvalue weighted by Crippen LogP contribution is -2.52. The highest BCUT2D eigenvalue weighted by Crippen LogP contribution is 2.35. The number of alkyl halides is 6. The number of hydrogen-bond donors (Lipinski definition) is 4. The number of halogens is 8. The predicted molar refractivity (Wildman–Crippen MR) is 188 cm³/mol. The van der Waals surface area contributed by atoms with Crippen LogP contribution in [0.1, 0.15) is 29.5 Å². The summed E-state index contributed by atoms with van der Waals surface area (Å²) in [5.74, 6) is -2.44. The minimum atomic E-state index is -5.08. The van der Waals surface area contributed by atoms with Crippen LogP contribution in [0.15, 0.2) is 72.9 Å². The summed E-state index contributed by atoms with van der Waals surface area (Å²) in [7, 11) is 4.16. The number of amides is 1. The summed E-state index contributed by atoms with van der Waals surface area (Å²) >= 11 is 12.5. The molecule has 52 heavy (non-hydrogen) atoms. The lowest BCUT2D eigenvalue weighted by Gasteiger charge is -2.39. The molecule has 2 unspecified atom stereocenters. The Morgan fingerprint density at radius 1 is 1.04 bits per heavy atom. The van der Waals surface area contributed by atoms with Crippen LogP contribution in [0.25, 0.3) is 10.9 Å². The van der Waals surface area contributed by atoms with Crippen LogP contribution in [0.4, 0.5) is 32.0 Å². The molecule has 0 radical (unpaired) electrons. The molecule has 1 aliphatic heterocycles. The SMILES string of the molecule is CC(c1c[nH]c2ccccc12)C(NCc1ccc(Cl)cc1)C(=O)N1C[C@@H](CN(C)C)Cc2cc(Cl)ccc21.FC(F)F.O=C(O)C(F)(F)F.O=CO. The number of aliphatic carboxylic acids is 1. The van der Waals surface area contributed by atoms with Crippen LogP contribution in [0.5, 0.6) is 0 Å². The molecule has 1 amide bonds. The Morgan fingerprint density at radius 2 is 1.60 bits per heavy atom. The number of benzene rings is 3. The van der Waals surface area contributed by atoms with Gasteiger partial charge in [0.1, 0.15) is 0 Å². The van der Waals surface area contributed by atoms with Gasteiger partial charge < -0.3 is 30.3 Å². The molecule has 4 N–H and O–H groups in total. The van der Waals surface area contributed by atoms with E-state index in [0.717, 1.165) is 46.2 Å². The molecule has 0 spiro atoms. The summed E-state index contributed by atoms with van der Waals surface area (Å²) in [5.41, 5.74) is 5.36. The third kappa shape index (κ3) is 13.7. The second-order valence-corrected chi connectivity index (χ2v) is 12.6. The number of H-pyrrole nitrogens is 1. The van der Waals surface area contributed by atoms with E-state index in [4.69, 9.17) is 43.0 Å². The molecule has 0 saturated carbocycles. The molecule has 17 heteroatoms. The second kappa shape index (κ2) is 20.7. The van der Waals surface area contributed by atoms with Crippen LogP contribution in [0, 0.1) is 5.92 Å². The molecule has 3 aromatic carbocycles. The van der Waals surface area contributed by atoms with E-state index < -0.39 is 24.9 Å². The van der Waals surface area contributed by atoms with Crippen molar-refractivity contribution >= 4 is 58.1 Å². The van der Waals surface area contributed by atoms with E-state index in [1.54, 1.807) is 0 Å². The first-order valence-electron chi connectivity index (χ1n) is 15.5. The van der Waals surface area contributed by atoms with Gasteiger partial charge in [-0.25, -0.2) is 4.79 Å². The maximum atomic E-state index is 14.5. The number of carbonyl (C=O) groups excluding carboxylic acids is 1. The Hall–Kier alpha value is -4.31. The van der Waals surface area contributed by atoms with Crippen molar-refractivity contribution in [1.29, 1.82) is 0 Å². The minimum absolute atomic E-state index is 0.0729. The molecular weight excluding hydrogens is 741 g/mol. The smallest absolute Gasteiger partial charge is 0.483 e. The van der Waals surface area contributed by atoms with Gasteiger partial charge in [0.25, 0.3) is 6.47 Å². The van der Waals surface area contributed by atoms with E-state index >= 15 is 0 Å². The third-order valence-corrected chi connectivity index (χ3v) is 8.22. The van der Waals surface area contributed by atoms with E-state index in [-0.39, 0.29) is 18.3 Å². The summed E-state index contributed by atoms with van der Waals surface area (Å²) in [6.45, 7) is 0.349. The lowest BCUT2D eigenvalue weighted by atomic mass is 9.88. The number of carbonyl (C=O) groups is 3. The van der Waals surface area contributed by atoms with Gasteiger partial charge in [-0.2, -0.15) is 26.3 Å². The molecule has 5 rings (SSSR count). The summed E-state index contributed by atoms with van der Waals surface area (Å²) in [5, 5.41) is 20.2. The molecule has 0 saturated heterocycles. The molecule has 9 nitrogen and oxygen atoms in total. The number of carboxylic acids is 1. The summed E-state index contributed by atoms with van der Waals surface area (Å²) in [4.78, 5) is 39.3. The summed E-state index contributed by atoms with van der Waals surface area (Å²) in [6.07, 6.45) is -2.14. The zero-order valence-electron chi connectivity index (χ0n) is 28.2. The van der Waals surface area contributed by atoms with Gasteiger partial charge in [0, 0.05) is 58.4 Å². The topological polar surface area (TPSA) is 126 Å². The van der Waals surface area contributed by atoms with Crippen molar-refractivity contribution in [2.75, 3.05) is 32.1 Å². The highest BCUT2D eigenvalue weighted by atomic mass is 35.5. The molecule has 1 aromatic heterocycles. The Labute approximate surface area is 306 Å². The van der Waals surface area contributed by atoms with Gasteiger partial charge in [-0.1, -0.05) is 60.5 Å². The van der Waals surface area contributed by atoms with Crippen LogP contribution < -0.4 is 10.2 Å². The number of carboxylic acid groups (broad SMARTS) is 2. The fraction of sp³-hybridized carbons (Fsp3) is 0.343. The largest absolute Gasteiger partial charge is 0.490 e. The first-order chi connectivity index (χ1) is 24.4. The van der Waals surface area contributed by atoms with Gasteiger partial charge in [0.2, 0.25) is 5.91 Å². The molecule has 0 fully saturated rings. The monoisotopic (exact) mass is 778 g/mol. The van der Waals surface area contributed by atoms with Crippen molar-refractivity contribution in [1.82, 2.24) is 15.2 Å². The van der Waals surface area contributed by atoms with Crippen LogP contribution in [-0.2, 0) is 27.3 Å². The number of anilines is 1. The van der Waals surface area contributed by atoms with E-state index in [0.29, 0.717) is 29.1 Å². The fourth-order valence-corrected chi connectivity index (χ4v) is 6.01. The number of para-hydroxylation sites is 1. The summed E-state index contributed by atoms with van der Waals surface area (Å²) < 4.78 is 60.7. The molecule has 284 valence electrons. The first-order valence-corrected chi connectivity index (χ1v) is 16.2. The number of nitrogens with one attached hydrogen (secondary N) is 2. The summed E-state index contributed by atoms with van der Waals surface area (Å²) in [6, 6.07) is 21.5. The maximum absolute atomic E-state index is 14.5. The van der Waals surface area contributed by atoms with Crippen molar-refractivity contribution < 1.29 is 50.9 Å². The van der Waals surface area contributed by atoms with Gasteiger partial charge >= 0.3 is 18.8 Å². The number of hydrogen-bond acceptors (Lipinski definition) is 5. The average Bonchev–Trinajstić information content (AvgIpc) is 3.49. The number of aromatic nitrogens is 1. The van der Waals surface area contributed by atoms with Gasteiger partial charge in [-0.05, 0) is 79.5 Å². The Morgan fingerprint density at radius 3 is 2.15 bits per heavy atom. The molecule has 2 heterocycles. The van der Waals surface area contributed by atoms with Crippen LogP contribution in [0.3, 0.4) is 0 Å². The molecule has 0 aliphatic carbocycles.